The zero-order valence-corrected chi connectivity index (χ0v) is 14.8. The summed E-state index contributed by atoms with van der Waals surface area (Å²) in [7, 11) is 1.56. The number of amides is 1. The van der Waals surface area contributed by atoms with Crippen LogP contribution in [-0.2, 0) is 4.79 Å². The molecule has 7 heteroatoms. The minimum absolute atomic E-state index is 0.00567. The second kappa shape index (κ2) is 8.17. The number of rotatable bonds is 7. The fourth-order valence-corrected chi connectivity index (χ4v) is 2.64. The Bertz CT molecular complexity index is 713. The molecule has 24 heavy (non-hydrogen) atoms. The highest BCUT2D eigenvalue weighted by Crippen LogP contribution is 2.31. The smallest absolute Gasteiger partial charge is 0.224 e. The first-order chi connectivity index (χ1) is 11.5. The number of carbonyl (C=O) groups is 1. The van der Waals surface area contributed by atoms with E-state index in [1.165, 1.54) is 0 Å². The third kappa shape index (κ3) is 4.07. The normalized spacial score (nSPS) is 10.9. The van der Waals surface area contributed by atoms with Crippen LogP contribution in [0.15, 0.2) is 24.4 Å². The number of aliphatic hydroxyl groups excluding tert-OH is 1. The maximum Gasteiger partial charge on any atom is 0.224 e. The molecule has 2 rings (SSSR count). The molecule has 130 valence electrons. The average Bonchev–Trinajstić information content (AvgIpc) is 2.97. The van der Waals surface area contributed by atoms with Crippen LogP contribution in [0.1, 0.15) is 38.3 Å². The van der Waals surface area contributed by atoms with Gasteiger partial charge in [0, 0.05) is 19.1 Å². The van der Waals surface area contributed by atoms with E-state index in [2.05, 4.69) is 10.4 Å². The molecule has 0 fully saturated rings. The van der Waals surface area contributed by atoms with E-state index < -0.39 is 0 Å². The molecule has 6 nitrogen and oxygen atoms in total. The van der Waals surface area contributed by atoms with Crippen LogP contribution in [0.3, 0.4) is 0 Å². The maximum atomic E-state index is 11.9. The van der Waals surface area contributed by atoms with Crippen molar-refractivity contribution in [2.45, 2.75) is 32.6 Å². The number of aromatic nitrogens is 2. The molecule has 0 unspecified atom stereocenters. The summed E-state index contributed by atoms with van der Waals surface area (Å²) >= 11 is 6.08. The summed E-state index contributed by atoms with van der Waals surface area (Å²) in [6.07, 6.45) is 2.34. The predicted molar refractivity (Wildman–Crippen MR) is 94.2 cm³/mol. The number of hydrogen-bond donors (Lipinski definition) is 2. The van der Waals surface area contributed by atoms with Crippen molar-refractivity contribution in [3.05, 3.63) is 35.1 Å². The van der Waals surface area contributed by atoms with Crippen molar-refractivity contribution in [1.82, 2.24) is 9.78 Å². The van der Waals surface area contributed by atoms with Gasteiger partial charge in [0.25, 0.3) is 0 Å². The molecule has 1 aromatic carbocycles. The van der Waals surface area contributed by atoms with Crippen LogP contribution in [0, 0.1) is 0 Å². The number of nitrogens with one attached hydrogen (secondary N) is 1. The molecule has 0 aliphatic heterocycles. The molecule has 0 radical (unpaired) electrons. The Morgan fingerprint density at radius 1 is 1.46 bits per heavy atom. The lowest BCUT2D eigenvalue weighted by Crippen LogP contribution is -2.14. The molecule has 1 amide bonds. The standard InChI is InChI=1S/C17H22ClN3O3/c1-11(2)17-14(20-16(23)5-4-8-22)10-19-21(17)12-6-7-13(18)15(9-12)24-3/h6-7,9-11,22H,4-5,8H2,1-3H3,(H,20,23). The highest BCUT2D eigenvalue weighted by atomic mass is 35.5. The molecule has 0 spiro atoms. The highest BCUT2D eigenvalue weighted by molar-refractivity contribution is 6.32. The molecule has 0 bridgehead atoms. The second-order valence-electron chi connectivity index (χ2n) is 5.70. The van der Waals surface area contributed by atoms with Gasteiger partial charge in [0.15, 0.2) is 0 Å². The molecule has 1 aromatic heterocycles. The van der Waals surface area contributed by atoms with Crippen LogP contribution in [0.25, 0.3) is 5.69 Å². The van der Waals surface area contributed by atoms with Gasteiger partial charge >= 0.3 is 0 Å². The van der Waals surface area contributed by atoms with E-state index in [4.69, 9.17) is 21.4 Å². The molecule has 0 aliphatic carbocycles. The van der Waals surface area contributed by atoms with E-state index in [-0.39, 0.29) is 24.9 Å². The Morgan fingerprint density at radius 3 is 2.83 bits per heavy atom. The molecular formula is C17H22ClN3O3. The number of hydrogen-bond acceptors (Lipinski definition) is 4. The molecule has 2 N–H and O–H groups in total. The van der Waals surface area contributed by atoms with Crippen LogP contribution in [0.4, 0.5) is 5.69 Å². The van der Waals surface area contributed by atoms with Gasteiger partial charge in [-0.3, -0.25) is 4.79 Å². The molecule has 2 aromatic rings. The number of ether oxygens (including phenoxy) is 1. The summed E-state index contributed by atoms with van der Waals surface area (Å²) in [4.78, 5) is 11.9. The number of carbonyl (C=O) groups excluding carboxylic acids is 1. The lowest BCUT2D eigenvalue weighted by molar-refractivity contribution is -0.116. The Kier molecular flexibility index (Phi) is 6.23. The first-order valence-electron chi connectivity index (χ1n) is 7.80. The van der Waals surface area contributed by atoms with Crippen molar-refractivity contribution in [3.63, 3.8) is 0 Å². The second-order valence-corrected chi connectivity index (χ2v) is 6.11. The van der Waals surface area contributed by atoms with E-state index in [0.717, 1.165) is 11.4 Å². The van der Waals surface area contributed by atoms with E-state index in [1.54, 1.807) is 30.1 Å². The maximum absolute atomic E-state index is 11.9. The van der Waals surface area contributed by atoms with Gasteiger partial charge in [-0.05, 0) is 24.5 Å². The lowest BCUT2D eigenvalue weighted by atomic mass is 10.1. The van der Waals surface area contributed by atoms with Crippen LogP contribution in [0.5, 0.6) is 5.75 Å². The van der Waals surface area contributed by atoms with Gasteiger partial charge in [0.1, 0.15) is 5.75 Å². The van der Waals surface area contributed by atoms with Crippen molar-refractivity contribution in [2.24, 2.45) is 0 Å². The Balaban J connectivity index is 2.36. The van der Waals surface area contributed by atoms with Crippen molar-refractivity contribution < 1.29 is 14.6 Å². The Hall–Kier alpha value is -2.05. The summed E-state index contributed by atoms with van der Waals surface area (Å²) in [5.41, 5.74) is 2.36. The van der Waals surface area contributed by atoms with Crippen LogP contribution < -0.4 is 10.1 Å². The lowest BCUT2D eigenvalue weighted by Gasteiger charge is -2.14. The third-order valence-corrected chi connectivity index (χ3v) is 3.88. The van der Waals surface area contributed by atoms with Gasteiger partial charge in [-0.15, -0.1) is 0 Å². The predicted octanol–water partition coefficient (Wildman–Crippen LogP) is 3.37. The summed E-state index contributed by atoms with van der Waals surface area (Å²) in [5, 5.41) is 16.6. The van der Waals surface area contributed by atoms with Gasteiger partial charge in [-0.1, -0.05) is 25.4 Å². The highest BCUT2D eigenvalue weighted by Gasteiger charge is 2.18. The summed E-state index contributed by atoms with van der Waals surface area (Å²) in [6, 6.07) is 5.40. The number of nitrogens with zero attached hydrogens (tertiary/aromatic N) is 2. The topological polar surface area (TPSA) is 76.4 Å². The van der Waals surface area contributed by atoms with Gasteiger partial charge < -0.3 is 15.2 Å². The molecule has 1 heterocycles. The minimum atomic E-state index is -0.140. The number of benzene rings is 1. The Morgan fingerprint density at radius 2 is 2.21 bits per heavy atom. The zero-order valence-electron chi connectivity index (χ0n) is 14.0. The quantitative estimate of drug-likeness (QED) is 0.801. The summed E-state index contributed by atoms with van der Waals surface area (Å²) in [5.74, 6) is 0.564. The molecular weight excluding hydrogens is 330 g/mol. The first-order valence-corrected chi connectivity index (χ1v) is 8.18. The third-order valence-electron chi connectivity index (χ3n) is 3.57. The van der Waals surface area contributed by atoms with Gasteiger partial charge in [0.2, 0.25) is 5.91 Å². The van der Waals surface area contributed by atoms with Crippen molar-refractivity contribution >= 4 is 23.2 Å². The van der Waals surface area contributed by atoms with Crippen molar-refractivity contribution in [2.75, 3.05) is 19.0 Å². The minimum Gasteiger partial charge on any atom is -0.495 e. The number of halogens is 1. The van der Waals surface area contributed by atoms with E-state index >= 15 is 0 Å². The van der Waals surface area contributed by atoms with E-state index in [0.29, 0.717) is 22.9 Å². The number of methoxy groups -OCH3 is 1. The average molecular weight is 352 g/mol. The SMILES string of the molecule is COc1cc(-n2ncc(NC(=O)CCCO)c2C(C)C)ccc1Cl. The fourth-order valence-electron chi connectivity index (χ4n) is 2.45. The van der Waals surface area contributed by atoms with Crippen LogP contribution in [0.2, 0.25) is 5.02 Å². The van der Waals surface area contributed by atoms with Gasteiger partial charge in [0.05, 0.1) is 35.4 Å². The van der Waals surface area contributed by atoms with E-state index in [9.17, 15) is 4.79 Å². The van der Waals surface area contributed by atoms with Crippen LogP contribution in [-0.4, -0.2) is 34.5 Å². The Labute approximate surface area is 146 Å². The zero-order chi connectivity index (χ0) is 17.7. The molecule has 0 atom stereocenters. The van der Waals surface area contributed by atoms with Crippen molar-refractivity contribution in [1.29, 1.82) is 0 Å². The number of aliphatic hydroxyl groups is 1. The first kappa shape index (κ1) is 18.3. The molecule has 0 saturated heterocycles. The molecule has 0 saturated carbocycles. The monoisotopic (exact) mass is 351 g/mol. The largest absolute Gasteiger partial charge is 0.495 e. The van der Waals surface area contributed by atoms with E-state index in [1.807, 2.05) is 19.9 Å². The summed E-state index contributed by atoms with van der Waals surface area (Å²) < 4.78 is 7.03. The van der Waals surface area contributed by atoms with Crippen LogP contribution >= 0.6 is 11.6 Å². The molecule has 0 aliphatic rings. The number of anilines is 1. The van der Waals surface area contributed by atoms with Crippen molar-refractivity contribution in [3.8, 4) is 11.4 Å². The fraction of sp³-hybridized carbons (Fsp3) is 0.412. The summed E-state index contributed by atoms with van der Waals surface area (Å²) in [6.45, 7) is 4.06. The van der Waals surface area contributed by atoms with Gasteiger partial charge in [-0.2, -0.15) is 5.10 Å². The van der Waals surface area contributed by atoms with Gasteiger partial charge in [-0.25, -0.2) is 4.68 Å².